The third-order valence-corrected chi connectivity index (χ3v) is 3.27. The Bertz CT molecular complexity index is 597. The Balaban J connectivity index is 1.93. The van der Waals surface area contributed by atoms with Crippen LogP contribution in [0.5, 0.6) is 5.75 Å². The number of nitrogens with one attached hydrogen (secondary N) is 1. The lowest BCUT2D eigenvalue weighted by Crippen LogP contribution is -2.30. The third-order valence-electron chi connectivity index (χ3n) is 3.02. The largest absolute Gasteiger partial charge is 0.497 e. The summed E-state index contributed by atoms with van der Waals surface area (Å²) in [6, 6.07) is 14.5. The van der Waals surface area contributed by atoms with Gasteiger partial charge in [0.1, 0.15) is 5.75 Å². The summed E-state index contributed by atoms with van der Waals surface area (Å²) in [6.45, 7) is 0.513. The number of rotatable bonds is 4. The molecule has 1 N–H and O–H groups in total. The predicted octanol–water partition coefficient (Wildman–Crippen LogP) is 4.01. The Kier molecular flexibility index (Phi) is 5.06. The molecule has 21 heavy (non-hydrogen) atoms. The highest BCUT2D eigenvalue weighted by Crippen LogP contribution is 2.16. The van der Waals surface area contributed by atoms with E-state index in [0.29, 0.717) is 11.6 Å². The van der Waals surface area contributed by atoms with Gasteiger partial charge in [0.2, 0.25) is 0 Å². The van der Waals surface area contributed by atoms with Crippen LogP contribution in [-0.4, -0.2) is 25.1 Å². The Morgan fingerprint density at radius 2 is 1.76 bits per heavy atom. The molecule has 0 heterocycles. The second-order valence-electron chi connectivity index (χ2n) is 4.64. The van der Waals surface area contributed by atoms with E-state index in [1.54, 1.807) is 43.3 Å². The Morgan fingerprint density at radius 3 is 2.33 bits per heavy atom. The van der Waals surface area contributed by atoms with Crippen LogP contribution in [0.4, 0.5) is 10.5 Å². The monoisotopic (exact) mass is 304 g/mol. The zero-order chi connectivity index (χ0) is 15.2. The average molecular weight is 305 g/mol. The number of carbonyl (C=O) groups is 1. The van der Waals surface area contributed by atoms with Crippen molar-refractivity contribution < 1.29 is 9.53 Å². The maximum Gasteiger partial charge on any atom is 0.321 e. The van der Waals surface area contributed by atoms with Gasteiger partial charge in [-0.25, -0.2) is 4.79 Å². The fraction of sp³-hybridized carbons (Fsp3) is 0.188. The molecule has 2 amide bonds. The molecular formula is C16H17ClN2O2. The van der Waals surface area contributed by atoms with E-state index < -0.39 is 0 Å². The zero-order valence-electron chi connectivity index (χ0n) is 12.0. The van der Waals surface area contributed by atoms with Crippen LogP contribution in [0.15, 0.2) is 48.5 Å². The summed E-state index contributed by atoms with van der Waals surface area (Å²) in [7, 11) is 3.35. The molecular weight excluding hydrogens is 288 g/mol. The number of hydrogen-bond donors (Lipinski definition) is 1. The minimum atomic E-state index is -0.171. The van der Waals surface area contributed by atoms with Gasteiger partial charge in [0, 0.05) is 24.3 Å². The molecule has 2 rings (SSSR count). The Morgan fingerprint density at radius 1 is 1.14 bits per heavy atom. The summed E-state index contributed by atoms with van der Waals surface area (Å²) in [5.41, 5.74) is 1.75. The minimum Gasteiger partial charge on any atom is -0.497 e. The van der Waals surface area contributed by atoms with Gasteiger partial charge < -0.3 is 15.0 Å². The van der Waals surface area contributed by atoms with Crippen molar-refractivity contribution in [1.82, 2.24) is 4.90 Å². The van der Waals surface area contributed by atoms with Gasteiger partial charge in [0.15, 0.2) is 0 Å². The van der Waals surface area contributed by atoms with Crippen LogP contribution in [0.25, 0.3) is 0 Å². The number of nitrogens with zero attached hydrogens (tertiary/aromatic N) is 1. The lowest BCUT2D eigenvalue weighted by Gasteiger charge is -2.18. The van der Waals surface area contributed by atoms with Crippen LogP contribution in [-0.2, 0) is 6.54 Å². The molecule has 0 radical (unpaired) electrons. The van der Waals surface area contributed by atoms with Gasteiger partial charge in [-0.2, -0.15) is 0 Å². The number of methoxy groups -OCH3 is 1. The molecule has 0 atom stereocenters. The summed E-state index contributed by atoms with van der Waals surface area (Å²) >= 11 is 5.84. The van der Waals surface area contributed by atoms with E-state index in [-0.39, 0.29) is 6.03 Å². The van der Waals surface area contributed by atoms with E-state index in [0.717, 1.165) is 17.0 Å². The van der Waals surface area contributed by atoms with Gasteiger partial charge in [-0.15, -0.1) is 0 Å². The molecule has 0 saturated carbocycles. The van der Waals surface area contributed by atoms with E-state index in [1.807, 2.05) is 24.3 Å². The summed E-state index contributed by atoms with van der Waals surface area (Å²) in [5.74, 6) is 0.752. The van der Waals surface area contributed by atoms with Crippen molar-refractivity contribution in [2.75, 3.05) is 19.5 Å². The number of carbonyl (C=O) groups excluding carboxylic acids is 1. The Labute approximate surface area is 129 Å². The van der Waals surface area contributed by atoms with Crippen molar-refractivity contribution in [3.05, 3.63) is 59.1 Å². The first-order chi connectivity index (χ1) is 10.1. The molecule has 2 aromatic carbocycles. The molecule has 0 unspecified atom stereocenters. The van der Waals surface area contributed by atoms with Crippen LogP contribution in [0.3, 0.4) is 0 Å². The standard InChI is InChI=1S/C16H17ClN2O2/c1-19(11-12-3-5-13(17)6-4-12)16(20)18-14-7-9-15(21-2)10-8-14/h3-10H,11H2,1-2H3,(H,18,20). The molecule has 0 bridgehead atoms. The molecule has 0 saturated heterocycles. The molecule has 110 valence electrons. The van der Waals surface area contributed by atoms with Gasteiger partial charge in [0.25, 0.3) is 0 Å². The molecule has 0 spiro atoms. The first-order valence-electron chi connectivity index (χ1n) is 6.49. The van der Waals surface area contributed by atoms with Crippen LogP contribution in [0.1, 0.15) is 5.56 Å². The fourth-order valence-corrected chi connectivity index (χ4v) is 1.95. The maximum absolute atomic E-state index is 12.1. The highest BCUT2D eigenvalue weighted by molar-refractivity contribution is 6.30. The average Bonchev–Trinajstić information content (AvgIpc) is 2.50. The normalized spacial score (nSPS) is 10.0. The number of urea groups is 1. The maximum atomic E-state index is 12.1. The smallest absolute Gasteiger partial charge is 0.321 e. The molecule has 0 aromatic heterocycles. The van der Waals surface area contributed by atoms with Gasteiger partial charge >= 0.3 is 6.03 Å². The number of halogens is 1. The van der Waals surface area contributed by atoms with Crippen molar-refractivity contribution in [3.8, 4) is 5.75 Å². The van der Waals surface area contributed by atoms with Crippen LogP contribution >= 0.6 is 11.6 Å². The topological polar surface area (TPSA) is 41.6 Å². The van der Waals surface area contributed by atoms with E-state index in [1.165, 1.54) is 0 Å². The number of amides is 2. The van der Waals surface area contributed by atoms with Crippen LogP contribution < -0.4 is 10.1 Å². The summed E-state index contributed by atoms with van der Waals surface area (Å²) < 4.78 is 5.08. The van der Waals surface area contributed by atoms with Gasteiger partial charge in [0.05, 0.1) is 7.11 Å². The zero-order valence-corrected chi connectivity index (χ0v) is 12.7. The van der Waals surface area contributed by atoms with Gasteiger partial charge in [-0.1, -0.05) is 23.7 Å². The fourth-order valence-electron chi connectivity index (χ4n) is 1.83. The quantitative estimate of drug-likeness (QED) is 0.927. The lowest BCUT2D eigenvalue weighted by molar-refractivity contribution is 0.220. The highest BCUT2D eigenvalue weighted by Gasteiger charge is 2.09. The number of ether oxygens (including phenoxy) is 1. The van der Waals surface area contributed by atoms with Crippen molar-refractivity contribution in [2.24, 2.45) is 0 Å². The van der Waals surface area contributed by atoms with E-state index in [9.17, 15) is 4.79 Å². The number of hydrogen-bond acceptors (Lipinski definition) is 2. The first-order valence-corrected chi connectivity index (χ1v) is 6.87. The predicted molar refractivity (Wildman–Crippen MR) is 84.9 cm³/mol. The highest BCUT2D eigenvalue weighted by atomic mass is 35.5. The molecule has 0 aliphatic heterocycles. The second kappa shape index (κ2) is 6.99. The lowest BCUT2D eigenvalue weighted by atomic mass is 10.2. The molecule has 0 fully saturated rings. The van der Waals surface area contributed by atoms with Crippen molar-refractivity contribution >= 4 is 23.3 Å². The van der Waals surface area contributed by atoms with Crippen molar-refractivity contribution in [2.45, 2.75) is 6.54 Å². The van der Waals surface area contributed by atoms with Crippen molar-refractivity contribution in [3.63, 3.8) is 0 Å². The second-order valence-corrected chi connectivity index (χ2v) is 5.08. The minimum absolute atomic E-state index is 0.171. The molecule has 0 aliphatic carbocycles. The van der Waals surface area contributed by atoms with Crippen LogP contribution in [0, 0.1) is 0 Å². The van der Waals surface area contributed by atoms with Crippen LogP contribution in [0.2, 0.25) is 5.02 Å². The number of anilines is 1. The van der Waals surface area contributed by atoms with Crippen molar-refractivity contribution in [1.29, 1.82) is 0 Å². The van der Waals surface area contributed by atoms with E-state index >= 15 is 0 Å². The summed E-state index contributed by atoms with van der Waals surface area (Å²) in [6.07, 6.45) is 0. The molecule has 4 nitrogen and oxygen atoms in total. The van der Waals surface area contributed by atoms with E-state index in [4.69, 9.17) is 16.3 Å². The Hall–Kier alpha value is -2.20. The number of benzene rings is 2. The van der Waals surface area contributed by atoms with Gasteiger partial charge in [-0.3, -0.25) is 0 Å². The SMILES string of the molecule is COc1ccc(NC(=O)N(C)Cc2ccc(Cl)cc2)cc1. The molecule has 2 aromatic rings. The first kappa shape index (κ1) is 15.2. The summed E-state index contributed by atoms with van der Waals surface area (Å²) in [5, 5.41) is 3.51. The van der Waals surface area contributed by atoms with E-state index in [2.05, 4.69) is 5.32 Å². The molecule has 5 heteroatoms. The third kappa shape index (κ3) is 4.39. The molecule has 0 aliphatic rings. The van der Waals surface area contributed by atoms with Gasteiger partial charge in [-0.05, 0) is 42.0 Å². The summed E-state index contributed by atoms with van der Waals surface area (Å²) in [4.78, 5) is 13.7.